The molecule has 0 aliphatic rings. The highest BCUT2D eigenvalue weighted by molar-refractivity contribution is 5.69. The highest BCUT2D eigenvalue weighted by atomic mass is 16.4. The first-order chi connectivity index (χ1) is 8.90. The number of hydrogen-bond donors (Lipinski definition) is 2. The van der Waals surface area contributed by atoms with Crippen molar-refractivity contribution in [1.82, 2.24) is 10.3 Å². The van der Waals surface area contributed by atoms with Crippen molar-refractivity contribution in [3.05, 3.63) is 17.3 Å². The second-order valence-electron chi connectivity index (χ2n) is 5.20. The minimum absolute atomic E-state index is 0.260. The van der Waals surface area contributed by atoms with Crippen LogP contribution < -0.4 is 5.32 Å². The lowest BCUT2D eigenvalue weighted by atomic mass is 10.0. The molecular formula is C14H24N2O3. The van der Waals surface area contributed by atoms with Gasteiger partial charge in [-0.25, -0.2) is 4.98 Å². The normalized spacial score (nSPS) is 14.3. The largest absolute Gasteiger partial charge is 0.481 e. The van der Waals surface area contributed by atoms with E-state index in [1.807, 2.05) is 13.8 Å². The molecular weight excluding hydrogens is 244 g/mol. The Morgan fingerprint density at radius 1 is 1.37 bits per heavy atom. The van der Waals surface area contributed by atoms with Crippen molar-refractivity contribution >= 4 is 5.97 Å². The number of carboxylic acids is 1. The third-order valence-corrected chi connectivity index (χ3v) is 3.37. The van der Waals surface area contributed by atoms with E-state index in [0.717, 1.165) is 30.7 Å². The standard InChI is InChI=1S/C14H24N2O3/c1-9(14(17)18)6-5-7-10(2)15-8-13-16-11(3)12(4)19-13/h9-10,15H,5-8H2,1-4H3,(H,17,18). The van der Waals surface area contributed by atoms with Crippen LogP contribution in [0.3, 0.4) is 0 Å². The summed E-state index contributed by atoms with van der Waals surface area (Å²) in [4.78, 5) is 15.0. The first-order valence-electron chi connectivity index (χ1n) is 6.79. The van der Waals surface area contributed by atoms with Crippen LogP contribution >= 0.6 is 0 Å². The molecule has 0 aliphatic carbocycles. The van der Waals surface area contributed by atoms with E-state index in [0.29, 0.717) is 18.5 Å². The third kappa shape index (κ3) is 5.42. The maximum absolute atomic E-state index is 10.7. The summed E-state index contributed by atoms with van der Waals surface area (Å²) < 4.78 is 5.49. The number of aromatic nitrogens is 1. The Kier molecular flexibility index (Phi) is 6.02. The van der Waals surface area contributed by atoms with Gasteiger partial charge < -0.3 is 14.8 Å². The molecule has 0 fully saturated rings. The molecule has 0 amide bonds. The minimum Gasteiger partial charge on any atom is -0.481 e. The molecule has 0 radical (unpaired) electrons. The molecule has 1 aromatic heterocycles. The average Bonchev–Trinajstić information content (AvgIpc) is 2.66. The molecule has 1 aromatic rings. The van der Waals surface area contributed by atoms with Gasteiger partial charge in [-0.3, -0.25) is 4.79 Å². The Hall–Kier alpha value is -1.36. The Labute approximate surface area is 114 Å². The zero-order chi connectivity index (χ0) is 14.4. The van der Waals surface area contributed by atoms with E-state index >= 15 is 0 Å². The SMILES string of the molecule is Cc1nc(CNC(C)CCCC(C)C(=O)O)oc1C. The first kappa shape index (κ1) is 15.7. The molecule has 1 heterocycles. The lowest BCUT2D eigenvalue weighted by Gasteiger charge is -2.13. The number of hydrogen-bond acceptors (Lipinski definition) is 4. The van der Waals surface area contributed by atoms with Gasteiger partial charge in [0.05, 0.1) is 18.2 Å². The van der Waals surface area contributed by atoms with Gasteiger partial charge in [-0.15, -0.1) is 0 Å². The maximum Gasteiger partial charge on any atom is 0.306 e. The van der Waals surface area contributed by atoms with Crippen LogP contribution in [0.5, 0.6) is 0 Å². The maximum atomic E-state index is 10.7. The Morgan fingerprint density at radius 2 is 2.05 bits per heavy atom. The van der Waals surface area contributed by atoms with Gasteiger partial charge >= 0.3 is 5.97 Å². The van der Waals surface area contributed by atoms with Crippen molar-refractivity contribution in [2.24, 2.45) is 5.92 Å². The molecule has 0 aromatic carbocycles. The molecule has 2 unspecified atom stereocenters. The van der Waals surface area contributed by atoms with E-state index in [-0.39, 0.29) is 5.92 Å². The lowest BCUT2D eigenvalue weighted by molar-refractivity contribution is -0.141. The van der Waals surface area contributed by atoms with Gasteiger partial charge in [0.1, 0.15) is 5.76 Å². The number of oxazole rings is 1. The number of nitrogens with one attached hydrogen (secondary N) is 1. The predicted octanol–water partition coefficient (Wildman–Crippen LogP) is 2.66. The zero-order valence-electron chi connectivity index (χ0n) is 12.2. The van der Waals surface area contributed by atoms with Gasteiger partial charge in [0.15, 0.2) is 0 Å². The van der Waals surface area contributed by atoms with E-state index in [9.17, 15) is 4.79 Å². The highest BCUT2D eigenvalue weighted by Gasteiger charge is 2.12. The minimum atomic E-state index is -0.716. The van der Waals surface area contributed by atoms with Crippen LogP contribution in [-0.2, 0) is 11.3 Å². The fourth-order valence-electron chi connectivity index (χ4n) is 1.83. The molecule has 0 bridgehead atoms. The van der Waals surface area contributed by atoms with Crippen LogP contribution in [0.15, 0.2) is 4.42 Å². The van der Waals surface area contributed by atoms with E-state index in [2.05, 4.69) is 17.2 Å². The molecule has 2 N–H and O–H groups in total. The van der Waals surface area contributed by atoms with Crippen LogP contribution in [0, 0.1) is 19.8 Å². The monoisotopic (exact) mass is 268 g/mol. The van der Waals surface area contributed by atoms with Crippen LogP contribution in [0.4, 0.5) is 0 Å². The highest BCUT2D eigenvalue weighted by Crippen LogP contribution is 2.11. The number of aryl methyl sites for hydroxylation is 2. The van der Waals surface area contributed by atoms with Crippen molar-refractivity contribution in [2.45, 2.75) is 59.5 Å². The molecule has 0 saturated carbocycles. The second kappa shape index (κ2) is 7.28. The molecule has 5 nitrogen and oxygen atoms in total. The second-order valence-corrected chi connectivity index (χ2v) is 5.20. The summed E-state index contributed by atoms with van der Waals surface area (Å²) in [6.45, 7) is 8.29. The summed E-state index contributed by atoms with van der Waals surface area (Å²) in [7, 11) is 0. The topological polar surface area (TPSA) is 75.4 Å². The van der Waals surface area contributed by atoms with E-state index < -0.39 is 5.97 Å². The molecule has 1 rings (SSSR count). The smallest absolute Gasteiger partial charge is 0.306 e. The number of aliphatic carboxylic acids is 1. The fraction of sp³-hybridized carbons (Fsp3) is 0.714. The first-order valence-corrected chi connectivity index (χ1v) is 6.79. The Bertz CT molecular complexity index is 395. The van der Waals surface area contributed by atoms with Crippen LogP contribution in [0.2, 0.25) is 0 Å². The van der Waals surface area contributed by atoms with Crippen LogP contribution in [-0.4, -0.2) is 22.1 Å². The number of carbonyl (C=O) groups is 1. The van der Waals surface area contributed by atoms with Crippen molar-refractivity contribution in [3.8, 4) is 0 Å². The van der Waals surface area contributed by atoms with Gasteiger partial charge in [0, 0.05) is 6.04 Å². The average molecular weight is 268 g/mol. The Morgan fingerprint density at radius 3 is 2.58 bits per heavy atom. The number of rotatable bonds is 8. The summed E-state index contributed by atoms with van der Waals surface area (Å²) in [6.07, 6.45) is 2.58. The molecule has 2 atom stereocenters. The zero-order valence-corrected chi connectivity index (χ0v) is 12.2. The quantitative estimate of drug-likeness (QED) is 0.758. The summed E-state index contributed by atoms with van der Waals surface area (Å²) in [5.74, 6) is 0.594. The van der Waals surface area contributed by atoms with Crippen LogP contribution in [0.25, 0.3) is 0 Å². The van der Waals surface area contributed by atoms with E-state index in [1.165, 1.54) is 0 Å². The van der Waals surface area contributed by atoms with Crippen molar-refractivity contribution < 1.29 is 14.3 Å². The number of nitrogens with zero attached hydrogens (tertiary/aromatic N) is 1. The Balaban J connectivity index is 2.21. The van der Waals surface area contributed by atoms with Crippen LogP contribution in [0.1, 0.15) is 50.5 Å². The molecule has 108 valence electrons. The van der Waals surface area contributed by atoms with Crippen molar-refractivity contribution in [1.29, 1.82) is 0 Å². The summed E-state index contributed by atoms with van der Waals surface area (Å²) in [5, 5.41) is 12.1. The van der Waals surface area contributed by atoms with Gasteiger partial charge in [-0.2, -0.15) is 0 Å². The van der Waals surface area contributed by atoms with Gasteiger partial charge in [-0.05, 0) is 33.6 Å². The van der Waals surface area contributed by atoms with E-state index in [1.54, 1.807) is 6.92 Å². The fourth-order valence-corrected chi connectivity index (χ4v) is 1.83. The summed E-state index contributed by atoms with van der Waals surface area (Å²) in [6, 6.07) is 0.327. The predicted molar refractivity (Wildman–Crippen MR) is 72.9 cm³/mol. The summed E-state index contributed by atoms with van der Waals surface area (Å²) >= 11 is 0. The van der Waals surface area contributed by atoms with Crippen molar-refractivity contribution in [3.63, 3.8) is 0 Å². The lowest BCUT2D eigenvalue weighted by Crippen LogP contribution is -2.25. The van der Waals surface area contributed by atoms with Gasteiger partial charge in [0.25, 0.3) is 0 Å². The van der Waals surface area contributed by atoms with Crippen molar-refractivity contribution in [2.75, 3.05) is 0 Å². The molecule has 0 aliphatic heterocycles. The molecule has 5 heteroatoms. The molecule has 19 heavy (non-hydrogen) atoms. The van der Waals surface area contributed by atoms with Gasteiger partial charge in [0.2, 0.25) is 5.89 Å². The number of carboxylic acid groups (broad SMARTS) is 1. The molecule has 0 saturated heterocycles. The third-order valence-electron chi connectivity index (χ3n) is 3.37. The summed E-state index contributed by atoms with van der Waals surface area (Å²) in [5.41, 5.74) is 0.930. The molecule has 0 spiro atoms. The van der Waals surface area contributed by atoms with E-state index in [4.69, 9.17) is 9.52 Å². The van der Waals surface area contributed by atoms with Gasteiger partial charge in [-0.1, -0.05) is 13.3 Å².